The largest absolute Gasteiger partial charge is 0.444 e. The molecule has 1 unspecified atom stereocenters. The van der Waals surface area contributed by atoms with Crippen molar-refractivity contribution in [3.05, 3.63) is 29.0 Å². The monoisotopic (exact) mass is 297 g/mol. The van der Waals surface area contributed by atoms with Crippen LogP contribution in [0.25, 0.3) is 0 Å². The zero-order valence-electron chi connectivity index (χ0n) is 12.0. The van der Waals surface area contributed by atoms with Crippen LogP contribution in [-0.4, -0.2) is 41.2 Å². The number of nitrogens with one attached hydrogen (secondary N) is 1. The highest BCUT2D eigenvalue weighted by Gasteiger charge is 2.28. The van der Waals surface area contributed by atoms with E-state index in [1.54, 1.807) is 17.3 Å². The first-order valence-electron chi connectivity index (χ1n) is 6.67. The van der Waals surface area contributed by atoms with Gasteiger partial charge >= 0.3 is 6.09 Å². The van der Waals surface area contributed by atoms with Crippen LogP contribution in [0.3, 0.4) is 0 Å². The standard InChI is InChI=1S/C14H20ClN3O2/c1-14(2,3)20-13(19)18-7-6-17-12(9-18)10-4-5-16-8-11(10)15/h4-5,8,12,17H,6-7,9H2,1-3H3. The molecule has 5 nitrogen and oxygen atoms in total. The zero-order valence-corrected chi connectivity index (χ0v) is 12.8. The summed E-state index contributed by atoms with van der Waals surface area (Å²) in [6, 6.07) is 1.88. The number of hydrogen-bond donors (Lipinski definition) is 1. The molecule has 2 heterocycles. The Morgan fingerprint density at radius 1 is 1.55 bits per heavy atom. The molecule has 0 spiro atoms. The highest BCUT2D eigenvalue weighted by molar-refractivity contribution is 6.31. The van der Waals surface area contributed by atoms with Gasteiger partial charge in [-0.05, 0) is 32.4 Å². The highest BCUT2D eigenvalue weighted by atomic mass is 35.5. The van der Waals surface area contributed by atoms with Crippen molar-refractivity contribution in [2.45, 2.75) is 32.4 Å². The van der Waals surface area contributed by atoms with Crippen molar-refractivity contribution in [2.75, 3.05) is 19.6 Å². The van der Waals surface area contributed by atoms with E-state index in [4.69, 9.17) is 16.3 Å². The number of rotatable bonds is 1. The average Bonchev–Trinajstić information content (AvgIpc) is 2.37. The minimum atomic E-state index is -0.480. The molecule has 1 aliphatic rings. The topological polar surface area (TPSA) is 54.5 Å². The first-order valence-corrected chi connectivity index (χ1v) is 7.05. The lowest BCUT2D eigenvalue weighted by atomic mass is 10.1. The molecule has 1 aromatic heterocycles. The summed E-state index contributed by atoms with van der Waals surface area (Å²) in [5.41, 5.74) is 0.473. The third-order valence-electron chi connectivity index (χ3n) is 3.01. The predicted molar refractivity (Wildman–Crippen MR) is 77.8 cm³/mol. The van der Waals surface area contributed by atoms with Crippen molar-refractivity contribution >= 4 is 17.7 Å². The van der Waals surface area contributed by atoms with Gasteiger partial charge in [-0.25, -0.2) is 4.79 Å². The van der Waals surface area contributed by atoms with Crippen molar-refractivity contribution < 1.29 is 9.53 Å². The van der Waals surface area contributed by atoms with Crippen LogP contribution >= 0.6 is 11.6 Å². The fourth-order valence-corrected chi connectivity index (χ4v) is 2.37. The van der Waals surface area contributed by atoms with Crippen LogP contribution in [0.15, 0.2) is 18.5 Å². The lowest BCUT2D eigenvalue weighted by molar-refractivity contribution is 0.0195. The number of pyridine rings is 1. The molecule has 0 radical (unpaired) electrons. The molecule has 2 rings (SSSR count). The smallest absolute Gasteiger partial charge is 0.410 e. The second-order valence-corrected chi connectivity index (χ2v) is 6.24. The van der Waals surface area contributed by atoms with Gasteiger partial charge in [0.1, 0.15) is 5.60 Å². The van der Waals surface area contributed by atoms with E-state index in [2.05, 4.69) is 10.3 Å². The second-order valence-electron chi connectivity index (χ2n) is 5.83. The summed E-state index contributed by atoms with van der Waals surface area (Å²) in [5.74, 6) is 0. The van der Waals surface area contributed by atoms with E-state index >= 15 is 0 Å². The SMILES string of the molecule is CC(C)(C)OC(=O)N1CCNC(c2ccncc2Cl)C1. The summed E-state index contributed by atoms with van der Waals surface area (Å²) in [6.07, 6.45) is 3.04. The van der Waals surface area contributed by atoms with Crippen LogP contribution in [0.2, 0.25) is 5.02 Å². The number of carbonyl (C=O) groups is 1. The van der Waals surface area contributed by atoms with Gasteiger partial charge in [0.2, 0.25) is 0 Å². The van der Waals surface area contributed by atoms with Crippen LogP contribution in [0.4, 0.5) is 4.79 Å². The van der Waals surface area contributed by atoms with Gasteiger partial charge in [-0.3, -0.25) is 4.98 Å². The van der Waals surface area contributed by atoms with E-state index in [-0.39, 0.29) is 12.1 Å². The molecule has 1 amide bonds. The number of nitrogens with zero attached hydrogens (tertiary/aromatic N) is 2. The molecule has 1 atom stereocenters. The van der Waals surface area contributed by atoms with Gasteiger partial charge in [-0.1, -0.05) is 11.6 Å². The zero-order chi connectivity index (χ0) is 14.8. The minimum absolute atomic E-state index is 0.00627. The molecule has 1 N–H and O–H groups in total. The van der Waals surface area contributed by atoms with Crippen molar-refractivity contribution in [2.24, 2.45) is 0 Å². The van der Waals surface area contributed by atoms with E-state index in [1.807, 2.05) is 26.8 Å². The molecule has 0 saturated carbocycles. The molecule has 1 aliphatic heterocycles. The molecule has 0 aliphatic carbocycles. The summed E-state index contributed by atoms with van der Waals surface area (Å²) >= 11 is 6.15. The minimum Gasteiger partial charge on any atom is -0.444 e. The van der Waals surface area contributed by atoms with Crippen LogP contribution in [0.5, 0.6) is 0 Å². The number of hydrogen-bond acceptors (Lipinski definition) is 4. The van der Waals surface area contributed by atoms with Gasteiger partial charge in [0, 0.05) is 32.0 Å². The van der Waals surface area contributed by atoms with Gasteiger partial charge in [-0.15, -0.1) is 0 Å². The molecule has 110 valence electrons. The Hall–Kier alpha value is -1.33. The molecule has 20 heavy (non-hydrogen) atoms. The maximum atomic E-state index is 12.1. The lowest BCUT2D eigenvalue weighted by Crippen LogP contribution is -2.49. The normalized spacial score (nSPS) is 19.8. The highest BCUT2D eigenvalue weighted by Crippen LogP contribution is 2.24. The van der Waals surface area contributed by atoms with Crippen LogP contribution in [-0.2, 0) is 4.74 Å². The summed E-state index contributed by atoms with van der Waals surface area (Å²) in [7, 11) is 0. The van der Waals surface area contributed by atoms with Gasteiger partial charge in [0.15, 0.2) is 0 Å². The Morgan fingerprint density at radius 3 is 2.95 bits per heavy atom. The molecule has 6 heteroatoms. The third-order valence-corrected chi connectivity index (χ3v) is 3.32. The lowest BCUT2D eigenvalue weighted by Gasteiger charge is -2.35. The number of amides is 1. The number of carbonyl (C=O) groups excluding carboxylic acids is 1. The van der Waals surface area contributed by atoms with E-state index in [9.17, 15) is 4.79 Å². The molecule has 0 aromatic carbocycles. The molecule has 1 fully saturated rings. The molecular weight excluding hydrogens is 278 g/mol. The fraction of sp³-hybridized carbons (Fsp3) is 0.571. The number of halogens is 1. The maximum Gasteiger partial charge on any atom is 0.410 e. The first kappa shape index (κ1) is 15.1. The quantitative estimate of drug-likeness (QED) is 0.866. The number of aromatic nitrogens is 1. The Labute approximate surface area is 124 Å². The van der Waals surface area contributed by atoms with Crippen molar-refractivity contribution in [3.63, 3.8) is 0 Å². The van der Waals surface area contributed by atoms with Crippen molar-refractivity contribution in [3.8, 4) is 0 Å². The van der Waals surface area contributed by atoms with Crippen LogP contribution in [0, 0.1) is 0 Å². The Balaban J connectivity index is 2.06. The van der Waals surface area contributed by atoms with Gasteiger partial charge < -0.3 is 15.0 Å². The molecule has 1 saturated heterocycles. The van der Waals surface area contributed by atoms with Gasteiger partial charge in [0.25, 0.3) is 0 Å². The number of piperazine rings is 1. The summed E-state index contributed by atoms with van der Waals surface area (Å²) in [4.78, 5) is 17.8. The Morgan fingerprint density at radius 2 is 2.30 bits per heavy atom. The molecule has 1 aromatic rings. The van der Waals surface area contributed by atoms with E-state index in [0.717, 1.165) is 5.56 Å². The van der Waals surface area contributed by atoms with E-state index < -0.39 is 5.60 Å². The fourth-order valence-electron chi connectivity index (χ4n) is 2.12. The Kier molecular flexibility index (Phi) is 4.50. The second kappa shape index (κ2) is 5.97. The molecule has 0 bridgehead atoms. The first-order chi connectivity index (χ1) is 9.37. The summed E-state index contributed by atoms with van der Waals surface area (Å²) < 4.78 is 5.41. The maximum absolute atomic E-state index is 12.1. The summed E-state index contributed by atoms with van der Waals surface area (Å²) in [5, 5.41) is 3.97. The van der Waals surface area contributed by atoms with E-state index in [1.165, 1.54) is 0 Å². The molecular formula is C14H20ClN3O2. The third kappa shape index (κ3) is 3.84. The Bertz CT molecular complexity index is 488. The van der Waals surface area contributed by atoms with Crippen molar-refractivity contribution in [1.29, 1.82) is 0 Å². The summed E-state index contributed by atoms with van der Waals surface area (Å²) in [6.45, 7) is 7.48. The van der Waals surface area contributed by atoms with Crippen LogP contribution < -0.4 is 5.32 Å². The number of ether oxygens (including phenoxy) is 1. The average molecular weight is 298 g/mol. The van der Waals surface area contributed by atoms with Gasteiger partial charge in [-0.2, -0.15) is 0 Å². The predicted octanol–water partition coefficient (Wildman–Crippen LogP) is 2.62. The van der Waals surface area contributed by atoms with Gasteiger partial charge in [0.05, 0.1) is 11.1 Å². The van der Waals surface area contributed by atoms with Crippen molar-refractivity contribution in [1.82, 2.24) is 15.2 Å². The van der Waals surface area contributed by atoms with Crippen LogP contribution in [0.1, 0.15) is 32.4 Å². The van der Waals surface area contributed by atoms with E-state index in [0.29, 0.717) is 24.7 Å².